The van der Waals surface area contributed by atoms with Crippen molar-refractivity contribution in [3.8, 4) is 0 Å². The molecular formula is C19H12F6IO2P. The van der Waals surface area contributed by atoms with Crippen LogP contribution in [0.5, 0.6) is 0 Å². The Morgan fingerprint density at radius 3 is 1.86 bits per heavy atom. The van der Waals surface area contributed by atoms with E-state index in [0.29, 0.717) is 21.9 Å². The van der Waals surface area contributed by atoms with E-state index < -0.39 is 7.81 Å². The fourth-order valence-electron chi connectivity index (χ4n) is 2.44. The van der Waals surface area contributed by atoms with Crippen molar-refractivity contribution in [2.45, 2.75) is 0 Å². The summed E-state index contributed by atoms with van der Waals surface area (Å²) in [4.78, 5) is 12.6. The Hall–Kier alpha value is -2.13. The summed E-state index contributed by atoms with van der Waals surface area (Å²) in [6.07, 6.45) is 0. The Morgan fingerprint density at radius 1 is 0.655 bits per heavy atom. The first-order chi connectivity index (χ1) is 13.3. The number of fused-ring (bicyclic) bond motifs is 2. The van der Waals surface area contributed by atoms with Crippen LogP contribution in [-0.2, 0) is 0 Å². The molecule has 10 heteroatoms. The van der Waals surface area contributed by atoms with Crippen molar-refractivity contribution in [1.29, 1.82) is 0 Å². The maximum atomic E-state index is 12.6. The maximum absolute atomic E-state index is 12.6. The van der Waals surface area contributed by atoms with Crippen LogP contribution in [0.2, 0.25) is 0 Å². The first-order valence-corrected chi connectivity index (χ1v) is 12.2. The van der Waals surface area contributed by atoms with Crippen molar-refractivity contribution >= 4 is 29.7 Å². The second-order valence-electron chi connectivity index (χ2n) is 5.92. The zero-order chi connectivity index (χ0) is 21.3. The smallest absolute Gasteiger partial charge is 0.357 e. The van der Waals surface area contributed by atoms with Crippen molar-refractivity contribution < 1.29 is 50.8 Å². The number of hydrogen-bond donors (Lipinski definition) is 0. The van der Waals surface area contributed by atoms with Gasteiger partial charge in [0.15, 0.2) is 7.14 Å². The molecule has 0 radical (unpaired) electrons. The molecule has 29 heavy (non-hydrogen) atoms. The molecule has 1 heterocycles. The molecule has 0 aliphatic heterocycles. The molecule has 0 aliphatic rings. The largest absolute Gasteiger partial charge is 0.456 e. The zero-order valence-electron chi connectivity index (χ0n) is 14.3. The van der Waals surface area contributed by atoms with Gasteiger partial charge in [-0.05, 0) is 36.4 Å². The molecule has 3 aromatic carbocycles. The fourth-order valence-corrected chi connectivity index (χ4v) is 4.76. The summed E-state index contributed by atoms with van der Waals surface area (Å²) in [5.41, 5.74) is 1.35. The minimum atomic E-state index is -10.7. The van der Waals surface area contributed by atoms with E-state index in [1.807, 2.05) is 42.5 Å². The minimum absolute atomic E-state index is 0.0516. The molecule has 0 atom stereocenters. The number of para-hydroxylation sites is 1. The van der Waals surface area contributed by atoms with Gasteiger partial charge >= 0.3 is 54.2 Å². The van der Waals surface area contributed by atoms with Crippen LogP contribution in [0, 0.1) is 7.14 Å². The zero-order valence-corrected chi connectivity index (χ0v) is 17.4. The van der Waals surface area contributed by atoms with Gasteiger partial charge in [-0.25, -0.2) is 0 Å². The van der Waals surface area contributed by atoms with Crippen LogP contribution in [0.1, 0.15) is 0 Å². The molecule has 2 nitrogen and oxygen atoms in total. The van der Waals surface area contributed by atoms with Crippen molar-refractivity contribution in [2.75, 3.05) is 0 Å². The van der Waals surface area contributed by atoms with Gasteiger partial charge in [-0.1, -0.05) is 30.3 Å². The summed E-state index contributed by atoms with van der Waals surface area (Å²) >= 11 is -0.284. The summed E-state index contributed by atoms with van der Waals surface area (Å²) in [5, 5.41) is 1.32. The Balaban J connectivity index is 0.000000298. The SMILES string of the molecule is F[P-](F)(F)(F)(F)F.O=c1c2ccccc2oc2ccc([I+]c3ccccc3)cc12. The maximum Gasteiger partial charge on any atom is 0.357 e. The van der Waals surface area contributed by atoms with E-state index in [-0.39, 0.29) is 26.6 Å². The average molecular weight is 544 g/mol. The number of halogens is 7. The Labute approximate surface area is 170 Å². The molecule has 0 aliphatic carbocycles. The van der Waals surface area contributed by atoms with Gasteiger partial charge in [-0.3, -0.25) is 4.79 Å². The number of rotatable bonds is 2. The Kier molecular flexibility index (Phi) is 5.20. The van der Waals surface area contributed by atoms with E-state index in [9.17, 15) is 30.0 Å². The molecule has 0 fully saturated rings. The van der Waals surface area contributed by atoms with E-state index >= 15 is 0 Å². The molecule has 0 unspecified atom stereocenters. The molecule has 4 rings (SSSR count). The predicted molar refractivity (Wildman–Crippen MR) is 97.4 cm³/mol. The van der Waals surface area contributed by atoms with Crippen LogP contribution < -0.4 is 26.6 Å². The summed E-state index contributed by atoms with van der Waals surface area (Å²) in [7, 11) is -10.7. The molecular weight excluding hydrogens is 532 g/mol. The predicted octanol–water partition coefficient (Wildman–Crippen LogP) is 4.46. The molecule has 1 aromatic heterocycles. The van der Waals surface area contributed by atoms with E-state index in [2.05, 4.69) is 30.3 Å². The third-order valence-corrected chi connectivity index (χ3v) is 6.12. The quantitative estimate of drug-likeness (QED) is 0.162. The topological polar surface area (TPSA) is 30.2 Å². The van der Waals surface area contributed by atoms with Crippen molar-refractivity contribution in [1.82, 2.24) is 0 Å². The summed E-state index contributed by atoms with van der Waals surface area (Å²) in [5.74, 6) is 0. The van der Waals surface area contributed by atoms with E-state index in [0.717, 1.165) is 0 Å². The number of hydrogen-bond acceptors (Lipinski definition) is 2. The molecule has 0 amide bonds. The third-order valence-electron chi connectivity index (χ3n) is 3.49. The third kappa shape index (κ3) is 7.01. The van der Waals surface area contributed by atoms with Gasteiger partial charge < -0.3 is 4.42 Å². The van der Waals surface area contributed by atoms with Crippen LogP contribution in [0.15, 0.2) is 82.0 Å². The summed E-state index contributed by atoms with van der Waals surface area (Å²) in [6, 6.07) is 23.8. The van der Waals surface area contributed by atoms with Crippen LogP contribution in [0.25, 0.3) is 21.9 Å². The van der Waals surface area contributed by atoms with E-state index in [1.165, 1.54) is 7.14 Å². The minimum Gasteiger partial charge on any atom is -0.456 e. The first kappa shape index (κ1) is 21.6. The summed E-state index contributed by atoms with van der Waals surface area (Å²) in [6.45, 7) is 0. The van der Waals surface area contributed by atoms with Crippen molar-refractivity contribution in [2.24, 2.45) is 0 Å². The van der Waals surface area contributed by atoms with Gasteiger partial charge in [0, 0.05) is 6.07 Å². The Morgan fingerprint density at radius 2 is 1.21 bits per heavy atom. The molecule has 0 N–H and O–H groups in total. The van der Waals surface area contributed by atoms with Gasteiger partial charge in [0.25, 0.3) is 0 Å². The van der Waals surface area contributed by atoms with Crippen LogP contribution in [0.3, 0.4) is 0 Å². The molecule has 4 aromatic rings. The second-order valence-corrected chi connectivity index (χ2v) is 10.9. The van der Waals surface area contributed by atoms with Gasteiger partial charge in [0.1, 0.15) is 11.2 Å². The van der Waals surface area contributed by atoms with Gasteiger partial charge in [0.2, 0.25) is 5.43 Å². The monoisotopic (exact) mass is 544 g/mol. The molecule has 0 spiro atoms. The van der Waals surface area contributed by atoms with Crippen molar-refractivity contribution in [3.05, 3.63) is 90.2 Å². The van der Waals surface area contributed by atoms with E-state index in [4.69, 9.17) is 4.42 Å². The summed E-state index contributed by atoms with van der Waals surface area (Å²) < 4.78 is 67.6. The molecule has 0 saturated carbocycles. The first-order valence-electron chi connectivity index (χ1n) is 7.98. The van der Waals surface area contributed by atoms with E-state index in [1.54, 1.807) is 0 Å². The second kappa shape index (κ2) is 6.98. The van der Waals surface area contributed by atoms with Gasteiger partial charge in [0.05, 0.1) is 10.8 Å². The molecule has 0 saturated heterocycles. The van der Waals surface area contributed by atoms with Crippen molar-refractivity contribution in [3.63, 3.8) is 0 Å². The Bertz CT molecular complexity index is 1230. The van der Waals surface area contributed by atoms with Crippen LogP contribution in [0.4, 0.5) is 25.2 Å². The number of benzene rings is 3. The van der Waals surface area contributed by atoms with Gasteiger partial charge in [-0.2, -0.15) is 0 Å². The van der Waals surface area contributed by atoms with Crippen LogP contribution in [-0.4, -0.2) is 0 Å². The average Bonchev–Trinajstić information content (AvgIpc) is 2.61. The van der Waals surface area contributed by atoms with Crippen LogP contribution >= 0.6 is 7.81 Å². The van der Waals surface area contributed by atoms with Gasteiger partial charge in [-0.15, -0.1) is 0 Å². The normalized spacial score (nSPS) is 14.0. The standard InChI is InChI=1S/C19H12IO2.F6P/c21-19-15-8-4-5-9-17(15)22-18-11-10-14(12-16(18)19)20-13-6-2-1-3-7-13;1-7(2,3,4,5)6/h1-12H;/q+1;-1. The molecule has 0 bridgehead atoms. The fraction of sp³-hybridized carbons (Fsp3) is 0. The molecule has 154 valence electrons.